The normalized spacial score (nSPS) is 14.6. The van der Waals surface area contributed by atoms with Crippen LogP contribution in [-0.4, -0.2) is 68.3 Å². The molecule has 0 bridgehead atoms. The van der Waals surface area contributed by atoms with E-state index >= 15 is 0 Å². The Labute approximate surface area is 198 Å². The van der Waals surface area contributed by atoms with Crippen molar-refractivity contribution < 1.29 is 14.3 Å². The van der Waals surface area contributed by atoms with Gasteiger partial charge in [0.15, 0.2) is 0 Å². The lowest BCUT2D eigenvalue weighted by atomic mass is 10.1. The molecular formula is C27H39N3O3. The van der Waals surface area contributed by atoms with Gasteiger partial charge >= 0.3 is 0 Å². The van der Waals surface area contributed by atoms with Crippen molar-refractivity contribution in [2.45, 2.75) is 45.8 Å². The Morgan fingerprint density at radius 3 is 2.48 bits per heavy atom. The number of nitrogens with zero attached hydrogens (tertiary/aromatic N) is 2. The van der Waals surface area contributed by atoms with Crippen LogP contribution < -0.4 is 10.1 Å². The summed E-state index contributed by atoms with van der Waals surface area (Å²) < 4.78 is 11.4. The van der Waals surface area contributed by atoms with Crippen LogP contribution >= 0.6 is 0 Å². The van der Waals surface area contributed by atoms with E-state index in [1.165, 1.54) is 5.56 Å². The first-order chi connectivity index (χ1) is 16.1. The van der Waals surface area contributed by atoms with Gasteiger partial charge < -0.3 is 14.8 Å². The van der Waals surface area contributed by atoms with Gasteiger partial charge in [-0.15, -0.1) is 0 Å². The highest BCUT2D eigenvalue weighted by Gasteiger charge is 2.18. The van der Waals surface area contributed by atoms with E-state index in [0.717, 1.165) is 63.5 Å². The Hall–Kier alpha value is -2.41. The molecule has 0 saturated carbocycles. The van der Waals surface area contributed by atoms with Crippen molar-refractivity contribution in [2.75, 3.05) is 46.5 Å². The molecule has 0 aromatic heterocycles. The maximum absolute atomic E-state index is 12.6. The molecule has 1 aliphatic rings. The van der Waals surface area contributed by atoms with Crippen molar-refractivity contribution in [1.82, 2.24) is 15.1 Å². The van der Waals surface area contributed by atoms with Crippen LogP contribution in [-0.2, 0) is 17.8 Å². The van der Waals surface area contributed by atoms with E-state index in [0.29, 0.717) is 24.8 Å². The molecular weight excluding hydrogens is 414 g/mol. The van der Waals surface area contributed by atoms with E-state index in [1.54, 1.807) is 0 Å². The molecule has 1 saturated heterocycles. The first-order valence-electron chi connectivity index (χ1n) is 12.2. The molecule has 1 heterocycles. The quantitative estimate of drug-likeness (QED) is 0.527. The lowest BCUT2D eigenvalue weighted by Crippen LogP contribution is -2.38. The molecule has 1 aliphatic heterocycles. The number of likely N-dealkylation sites (N-methyl/N-ethyl adjacent to an activating group) is 1. The average molecular weight is 454 g/mol. The molecule has 1 fully saturated rings. The highest BCUT2D eigenvalue weighted by Crippen LogP contribution is 2.15. The number of rotatable bonds is 12. The fourth-order valence-electron chi connectivity index (χ4n) is 4.11. The van der Waals surface area contributed by atoms with Gasteiger partial charge in [-0.25, -0.2) is 0 Å². The number of ether oxygens (including phenoxy) is 2. The standard InChI is InChI=1S/C27H39N3O3/c1-4-30(5-2)21-22-9-11-24(12-10-22)27(31)28-20-23-7-6-8-26(19-23)33-18-15-29(3)25-13-16-32-17-14-25/h6-12,19,25H,4-5,13-18,20-21H2,1-3H3,(H,28,31). The molecule has 6 heteroatoms. The Kier molecular flexibility index (Phi) is 10.2. The van der Waals surface area contributed by atoms with Crippen molar-refractivity contribution in [3.05, 3.63) is 65.2 Å². The zero-order chi connectivity index (χ0) is 23.5. The summed E-state index contributed by atoms with van der Waals surface area (Å²) in [5.74, 6) is 0.775. The fourth-order valence-corrected chi connectivity index (χ4v) is 4.11. The SMILES string of the molecule is CCN(CC)Cc1ccc(C(=O)NCc2cccc(OCCN(C)C3CCOCC3)c2)cc1. The monoisotopic (exact) mass is 453 g/mol. The second kappa shape index (κ2) is 13.3. The van der Waals surface area contributed by atoms with Gasteiger partial charge in [-0.1, -0.05) is 38.1 Å². The largest absolute Gasteiger partial charge is 0.492 e. The van der Waals surface area contributed by atoms with Crippen LogP contribution in [0.2, 0.25) is 0 Å². The summed E-state index contributed by atoms with van der Waals surface area (Å²) in [6.45, 7) is 11.0. The van der Waals surface area contributed by atoms with Crippen LogP contribution in [0.1, 0.15) is 48.2 Å². The molecule has 2 aromatic carbocycles. The molecule has 1 N–H and O–H groups in total. The van der Waals surface area contributed by atoms with Gasteiger partial charge in [0.05, 0.1) is 0 Å². The van der Waals surface area contributed by atoms with E-state index in [4.69, 9.17) is 9.47 Å². The van der Waals surface area contributed by atoms with Crippen LogP contribution in [0.5, 0.6) is 5.75 Å². The minimum absolute atomic E-state index is 0.0613. The molecule has 6 nitrogen and oxygen atoms in total. The zero-order valence-corrected chi connectivity index (χ0v) is 20.4. The molecule has 0 spiro atoms. The summed E-state index contributed by atoms with van der Waals surface area (Å²) in [6, 6.07) is 16.4. The Morgan fingerprint density at radius 1 is 1.06 bits per heavy atom. The molecule has 0 radical (unpaired) electrons. The van der Waals surface area contributed by atoms with Gasteiger partial charge in [-0.3, -0.25) is 14.6 Å². The summed E-state index contributed by atoms with van der Waals surface area (Å²) in [5.41, 5.74) is 2.93. The Bertz CT molecular complexity index is 846. The van der Waals surface area contributed by atoms with Crippen molar-refractivity contribution in [3.8, 4) is 5.75 Å². The van der Waals surface area contributed by atoms with Crippen LogP contribution in [0.4, 0.5) is 0 Å². The first kappa shape index (κ1) is 25.2. The summed E-state index contributed by atoms with van der Waals surface area (Å²) in [5, 5.41) is 3.02. The van der Waals surface area contributed by atoms with Crippen LogP contribution in [0, 0.1) is 0 Å². The second-order valence-corrected chi connectivity index (χ2v) is 8.66. The highest BCUT2D eigenvalue weighted by atomic mass is 16.5. The van der Waals surface area contributed by atoms with Crippen molar-refractivity contribution >= 4 is 5.91 Å². The maximum Gasteiger partial charge on any atom is 0.251 e. The second-order valence-electron chi connectivity index (χ2n) is 8.66. The van der Waals surface area contributed by atoms with Gasteiger partial charge in [0.2, 0.25) is 0 Å². The first-order valence-corrected chi connectivity index (χ1v) is 12.2. The van der Waals surface area contributed by atoms with Gasteiger partial charge in [-0.05, 0) is 68.4 Å². The molecule has 0 aliphatic carbocycles. The molecule has 3 rings (SSSR count). The topological polar surface area (TPSA) is 54.0 Å². The van der Waals surface area contributed by atoms with Gasteiger partial charge in [0.25, 0.3) is 5.91 Å². The number of amides is 1. The lowest BCUT2D eigenvalue weighted by Gasteiger charge is -2.31. The van der Waals surface area contributed by atoms with Crippen LogP contribution in [0.15, 0.2) is 48.5 Å². The number of hydrogen-bond donors (Lipinski definition) is 1. The summed E-state index contributed by atoms with van der Waals surface area (Å²) in [4.78, 5) is 17.3. The average Bonchev–Trinajstić information content (AvgIpc) is 2.87. The Balaban J connectivity index is 1.43. The highest BCUT2D eigenvalue weighted by molar-refractivity contribution is 5.94. The minimum Gasteiger partial charge on any atom is -0.492 e. The molecule has 180 valence electrons. The maximum atomic E-state index is 12.6. The van der Waals surface area contributed by atoms with Crippen molar-refractivity contribution in [2.24, 2.45) is 0 Å². The number of hydrogen-bond acceptors (Lipinski definition) is 5. The number of carbonyl (C=O) groups is 1. The molecule has 2 aromatic rings. The molecule has 33 heavy (non-hydrogen) atoms. The van der Waals surface area contributed by atoms with Crippen LogP contribution in [0.25, 0.3) is 0 Å². The van der Waals surface area contributed by atoms with Crippen molar-refractivity contribution in [1.29, 1.82) is 0 Å². The van der Waals surface area contributed by atoms with E-state index < -0.39 is 0 Å². The fraction of sp³-hybridized carbons (Fsp3) is 0.519. The number of carbonyl (C=O) groups excluding carboxylic acids is 1. The minimum atomic E-state index is -0.0613. The van der Waals surface area contributed by atoms with E-state index in [1.807, 2.05) is 48.5 Å². The zero-order valence-electron chi connectivity index (χ0n) is 20.4. The van der Waals surface area contributed by atoms with Crippen molar-refractivity contribution in [3.63, 3.8) is 0 Å². The third kappa shape index (κ3) is 8.14. The predicted molar refractivity (Wildman–Crippen MR) is 133 cm³/mol. The summed E-state index contributed by atoms with van der Waals surface area (Å²) in [7, 11) is 2.15. The summed E-state index contributed by atoms with van der Waals surface area (Å²) in [6.07, 6.45) is 2.18. The van der Waals surface area contributed by atoms with E-state index in [9.17, 15) is 4.79 Å². The smallest absolute Gasteiger partial charge is 0.251 e. The van der Waals surface area contributed by atoms with E-state index in [-0.39, 0.29) is 5.91 Å². The van der Waals surface area contributed by atoms with E-state index in [2.05, 4.69) is 36.0 Å². The number of benzene rings is 2. The van der Waals surface area contributed by atoms with Crippen LogP contribution in [0.3, 0.4) is 0 Å². The number of nitrogens with one attached hydrogen (secondary N) is 1. The predicted octanol–water partition coefficient (Wildman–Crippen LogP) is 3.95. The molecule has 1 amide bonds. The lowest BCUT2D eigenvalue weighted by molar-refractivity contribution is 0.0392. The molecule has 0 unspecified atom stereocenters. The summed E-state index contributed by atoms with van der Waals surface area (Å²) >= 11 is 0. The third-order valence-electron chi connectivity index (χ3n) is 6.40. The van der Waals surface area contributed by atoms with Gasteiger partial charge in [-0.2, -0.15) is 0 Å². The Morgan fingerprint density at radius 2 is 1.79 bits per heavy atom. The van der Waals surface area contributed by atoms with Gasteiger partial charge in [0.1, 0.15) is 12.4 Å². The third-order valence-corrected chi connectivity index (χ3v) is 6.40. The molecule has 0 atom stereocenters. The van der Waals surface area contributed by atoms with Gasteiger partial charge in [0, 0.05) is 44.5 Å².